The van der Waals surface area contributed by atoms with Gasteiger partial charge in [-0.3, -0.25) is 4.79 Å². The maximum atomic E-state index is 11.4. The van der Waals surface area contributed by atoms with Crippen molar-refractivity contribution in [3.05, 3.63) is 11.9 Å². The molecule has 0 bridgehead atoms. The van der Waals surface area contributed by atoms with Gasteiger partial charge >= 0.3 is 0 Å². The Morgan fingerprint density at radius 2 is 2.18 bits per heavy atom. The van der Waals surface area contributed by atoms with E-state index in [1.54, 1.807) is 19.0 Å². The Morgan fingerprint density at radius 1 is 1.47 bits per heavy atom. The molecule has 0 saturated carbocycles. The molecular weight excluding hydrogens is 218 g/mol. The monoisotopic (exact) mass is 237 g/mol. The summed E-state index contributed by atoms with van der Waals surface area (Å²) in [4.78, 5) is 21.0. The van der Waals surface area contributed by atoms with E-state index in [-0.39, 0.29) is 5.91 Å². The van der Waals surface area contributed by atoms with Crippen LogP contribution in [0.3, 0.4) is 0 Å². The number of nitrogen functional groups attached to an aromatic ring is 1. The van der Waals surface area contributed by atoms with Crippen molar-refractivity contribution in [1.29, 1.82) is 0 Å². The van der Waals surface area contributed by atoms with Crippen LogP contribution < -0.4 is 11.1 Å². The molecule has 1 aromatic heterocycles. The Labute approximate surface area is 101 Å². The first-order valence-electron chi connectivity index (χ1n) is 5.59. The first-order valence-corrected chi connectivity index (χ1v) is 5.59. The Hall–Kier alpha value is -1.85. The molecule has 1 heterocycles. The van der Waals surface area contributed by atoms with Gasteiger partial charge in [-0.25, -0.2) is 9.97 Å². The molecule has 0 aliphatic heterocycles. The number of hydrogen-bond donors (Lipinski definition) is 2. The van der Waals surface area contributed by atoms with Crippen LogP contribution in [0.5, 0.6) is 0 Å². The fourth-order valence-corrected chi connectivity index (χ4v) is 1.44. The third-order valence-corrected chi connectivity index (χ3v) is 2.46. The zero-order chi connectivity index (χ0) is 12.8. The molecule has 0 aromatic carbocycles. The molecule has 1 rings (SSSR count). The molecule has 0 unspecified atom stereocenters. The predicted octanol–water partition coefficient (Wildman–Crippen LogP) is 0.511. The van der Waals surface area contributed by atoms with Crippen molar-refractivity contribution in [3.8, 4) is 0 Å². The van der Waals surface area contributed by atoms with Crippen LogP contribution >= 0.6 is 0 Å². The quantitative estimate of drug-likeness (QED) is 0.779. The number of nitrogens with one attached hydrogen (secondary N) is 1. The molecule has 0 aliphatic carbocycles. The second-order valence-corrected chi connectivity index (χ2v) is 3.90. The normalized spacial score (nSPS) is 10.1. The lowest BCUT2D eigenvalue weighted by Gasteiger charge is -2.13. The zero-order valence-corrected chi connectivity index (χ0v) is 10.5. The maximum absolute atomic E-state index is 11.4. The first-order chi connectivity index (χ1) is 8.06. The number of nitrogens with two attached hydrogens (primary N) is 1. The van der Waals surface area contributed by atoms with Crippen molar-refractivity contribution in [3.63, 3.8) is 0 Å². The van der Waals surface area contributed by atoms with E-state index >= 15 is 0 Å². The summed E-state index contributed by atoms with van der Waals surface area (Å²) in [5, 5.41) is 3.11. The van der Waals surface area contributed by atoms with Crippen molar-refractivity contribution in [2.24, 2.45) is 0 Å². The van der Waals surface area contributed by atoms with Gasteiger partial charge in [-0.05, 0) is 6.42 Å². The second-order valence-electron chi connectivity index (χ2n) is 3.90. The van der Waals surface area contributed by atoms with Crippen LogP contribution in [-0.4, -0.2) is 41.4 Å². The maximum Gasteiger partial charge on any atom is 0.223 e. The van der Waals surface area contributed by atoms with Gasteiger partial charge in [0.1, 0.15) is 18.0 Å². The standard InChI is InChI=1S/C11H19N5O/c1-4-8-10(12)14-7-15-11(8)13-6-5-9(17)16(2)3/h7H,4-6H2,1-3H3,(H3,12,13,14,15). The molecule has 1 amide bonds. The lowest BCUT2D eigenvalue weighted by Crippen LogP contribution is -2.24. The molecule has 0 spiro atoms. The van der Waals surface area contributed by atoms with Crippen LogP contribution in [0.15, 0.2) is 6.33 Å². The van der Waals surface area contributed by atoms with Crippen LogP contribution in [-0.2, 0) is 11.2 Å². The van der Waals surface area contributed by atoms with E-state index in [4.69, 9.17) is 5.73 Å². The Balaban J connectivity index is 2.58. The molecule has 17 heavy (non-hydrogen) atoms. The van der Waals surface area contributed by atoms with Crippen LogP contribution in [0, 0.1) is 0 Å². The number of carbonyl (C=O) groups excluding carboxylic acids is 1. The summed E-state index contributed by atoms with van der Waals surface area (Å²) < 4.78 is 0. The fourth-order valence-electron chi connectivity index (χ4n) is 1.44. The average Bonchev–Trinajstić information content (AvgIpc) is 2.29. The minimum atomic E-state index is 0.0811. The molecule has 1 aromatic rings. The molecule has 0 aliphatic rings. The largest absolute Gasteiger partial charge is 0.383 e. The van der Waals surface area contributed by atoms with Crippen molar-refractivity contribution in [2.45, 2.75) is 19.8 Å². The molecule has 0 radical (unpaired) electrons. The Bertz CT molecular complexity index is 391. The van der Waals surface area contributed by atoms with E-state index in [9.17, 15) is 4.79 Å². The highest BCUT2D eigenvalue weighted by molar-refractivity contribution is 5.76. The molecule has 0 saturated heterocycles. The van der Waals surface area contributed by atoms with Crippen LogP contribution in [0.2, 0.25) is 0 Å². The molecule has 94 valence electrons. The molecule has 3 N–H and O–H groups in total. The average molecular weight is 237 g/mol. The van der Waals surface area contributed by atoms with E-state index in [0.29, 0.717) is 24.6 Å². The minimum Gasteiger partial charge on any atom is -0.383 e. The number of rotatable bonds is 5. The van der Waals surface area contributed by atoms with Gasteiger partial charge < -0.3 is 16.0 Å². The Morgan fingerprint density at radius 3 is 2.76 bits per heavy atom. The second kappa shape index (κ2) is 6.03. The summed E-state index contributed by atoms with van der Waals surface area (Å²) in [7, 11) is 3.48. The number of aromatic nitrogens is 2. The van der Waals surface area contributed by atoms with Crippen LogP contribution in [0.4, 0.5) is 11.6 Å². The van der Waals surface area contributed by atoms with Crippen molar-refractivity contribution < 1.29 is 4.79 Å². The third-order valence-electron chi connectivity index (χ3n) is 2.46. The van der Waals surface area contributed by atoms with Crippen molar-refractivity contribution in [2.75, 3.05) is 31.7 Å². The predicted molar refractivity (Wildman–Crippen MR) is 67.6 cm³/mol. The summed E-state index contributed by atoms with van der Waals surface area (Å²) >= 11 is 0. The zero-order valence-electron chi connectivity index (χ0n) is 10.5. The number of amides is 1. The number of nitrogens with zero attached hydrogens (tertiary/aromatic N) is 3. The molecule has 6 nitrogen and oxygen atoms in total. The van der Waals surface area contributed by atoms with Crippen molar-refractivity contribution >= 4 is 17.5 Å². The van der Waals surface area contributed by atoms with E-state index < -0.39 is 0 Å². The Kier molecular flexibility index (Phi) is 4.68. The summed E-state index contributed by atoms with van der Waals surface area (Å²) in [6.45, 7) is 2.53. The highest BCUT2D eigenvalue weighted by Gasteiger charge is 2.08. The highest BCUT2D eigenvalue weighted by Crippen LogP contribution is 2.17. The number of hydrogen-bond acceptors (Lipinski definition) is 5. The van der Waals surface area contributed by atoms with E-state index in [1.165, 1.54) is 6.33 Å². The van der Waals surface area contributed by atoms with Gasteiger partial charge in [0.2, 0.25) is 5.91 Å². The molecule has 0 atom stereocenters. The van der Waals surface area contributed by atoms with Gasteiger partial charge in [-0.2, -0.15) is 0 Å². The summed E-state index contributed by atoms with van der Waals surface area (Å²) in [5.41, 5.74) is 6.64. The van der Waals surface area contributed by atoms with E-state index in [1.807, 2.05) is 6.92 Å². The van der Waals surface area contributed by atoms with Crippen molar-refractivity contribution in [1.82, 2.24) is 14.9 Å². The SMILES string of the molecule is CCc1c(N)ncnc1NCCC(=O)N(C)C. The van der Waals surface area contributed by atoms with Gasteiger partial charge in [-0.1, -0.05) is 6.92 Å². The van der Waals surface area contributed by atoms with Gasteiger partial charge in [0, 0.05) is 32.6 Å². The first kappa shape index (κ1) is 13.2. The van der Waals surface area contributed by atoms with Gasteiger partial charge in [0.05, 0.1) is 0 Å². The van der Waals surface area contributed by atoms with E-state index in [2.05, 4.69) is 15.3 Å². The highest BCUT2D eigenvalue weighted by atomic mass is 16.2. The van der Waals surface area contributed by atoms with Gasteiger partial charge in [0.15, 0.2) is 0 Å². The fraction of sp³-hybridized carbons (Fsp3) is 0.545. The van der Waals surface area contributed by atoms with Gasteiger partial charge in [-0.15, -0.1) is 0 Å². The minimum absolute atomic E-state index is 0.0811. The number of carbonyl (C=O) groups is 1. The topological polar surface area (TPSA) is 84.1 Å². The summed E-state index contributed by atoms with van der Waals surface area (Å²) in [5.74, 6) is 1.29. The van der Waals surface area contributed by atoms with Gasteiger partial charge in [0.25, 0.3) is 0 Å². The van der Waals surface area contributed by atoms with E-state index in [0.717, 1.165) is 12.0 Å². The third kappa shape index (κ3) is 3.58. The molecular formula is C11H19N5O. The van der Waals surface area contributed by atoms with Crippen LogP contribution in [0.1, 0.15) is 18.9 Å². The number of anilines is 2. The molecule has 0 fully saturated rings. The summed E-state index contributed by atoms with van der Waals surface area (Å²) in [6.07, 6.45) is 2.61. The van der Waals surface area contributed by atoms with Crippen LogP contribution in [0.25, 0.3) is 0 Å². The molecule has 6 heteroatoms. The smallest absolute Gasteiger partial charge is 0.223 e. The lowest BCUT2D eigenvalue weighted by molar-refractivity contribution is -0.128. The lowest BCUT2D eigenvalue weighted by atomic mass is 10.2. The summed E-state index contributed by atoms with van der Waals surface area (Å²) in [6, 6.07) is 0.